The summed E-state index contributed by atoms with van der Waals surface area (Å²) in [5.41, 5.74) is -1.93. The van der Waals surface area contributed by atoms with Gasteiger partial charge in [-0.15, -0.1) is 0 Å². The second kappa shape index (κ2) is 6.03. The normalized spacial score (nSPS) is 23.3. The van der Waals surface area contributed by atoms with E-state index in [-0.39, 0.29) is 0 Å². The van der Waals surface area contributed by atoms with Crippen LogP contribution in [0.5, 0.6) is 0 Å². The van der Waals surface area contributed by atoms with E-state index in [2.05, 4.69) is 16.1 Å². The van der Waals surface area contributed by atoms with Crippen molar-refractivity contribution < 1.29 is 19.2 Å². The van der Waals surface area contributed by atoms with E-state index in [1.54, 1.807) is 13.8 Å². The van der Waals surface area contributed by atoms with Crippen molar-refractivity contribution in [2.75, 3.05) is 0 Å². The first-order valence-electron chi connectivity index (χ1n) is 5.78. The largest absolute Gasteiger partial charge is 0.357 e. The first-order valence-corrected chi connectivity index (χ1v) is 7.50. The Bertz CT molecular complexity index is 508. The number of carbonyl (C=O) groups excluding carboxylic acids is 4. The fourth-order valence-corrected chi connectivity index (χ4v) is 2.61. The topological polar surface area (TPSA) is 81.2 Å². The lowest BCUT2D eigenvalue weighted by Crippen LogP contribution is -2.38. The smallest absolute Gasteiger partial charge is 0.270 e. The number of urea groups is 2. The van der Waals surface area contributed by atoms with E-state index in [1.807, 2.05) is 0 Å². The van der Waals surface area contributed by atoms with Crippen LogP contribution in [-0.2, 0) is 9.59 Å². The molecule has 0 aromatic rings. The van der Waals surface area contributed by atoms with Gasteiger partial charge in [0.05, 0.1) is 16.1 Å². The molecule has 0 unspecified atom stereocenters. The van der Waals surface area contributed by atoms with Crippen LogP contribution in [0, 0.1) is 0 Å². The third kappa shape index (κ3) is 2.86. The van der Waals surface area contributed by atoms with Gasteiger partial charge in [0, 0.05) is 35.3 Å². The second-order valence-corrected chi connectivity index (χ2v) is 7.14. The molecule has 0 bridgehead atoms. The second-order valence-electron chi connectivity index (χ2n) is 5.42. The van der Waals surface area contributed by atoms with E-state index in [0.717, 1.165) is 8.34 Å². The number of rotatable bonds is 0. The molecule has 0 radical (unpaired) electrons. The average Bonchev–Trinajstić information content (AvgIpc) is 2.67. The molecule has 0 N–H and O–H groups in total. The SMILES string of the molecule is CC1(C)C(=O)N(Cl)C(=O)N1Br.CC1(C)C(=O)N(Cl)C(=O)N1Cl. The highest BCUT2D eigenvalue weighted by atomic mass is 79.9. The van der Waals surface area contributed by atoms with Crippen LogP contribution in [-0.4, -0.2) is 52.1 Å². The van der Waals surface area contributed by atoms with Gasteiger partial charge in [0.25, 0.3) is 11.8 Å². The molecule has 124 valence electrons. The molecule has 2 heterocycles. The molecule has 8 nitrogen and oxygen atoms in total. The fourth-order valence-electron chi connectivity index (χ4n) is 1.45. The molecular formula is C10H12BrCl3N4O4. The van der Waals surface area contributed by atoms with Gasteiger partial charge in [0.15, 0.2) is 0 Å². The zero-order valence-corrected chi connectivity index (χ0v) is 15.8. The van der Waals surface area contributed by atoms with E-state index >= 15 is 0 Å². The maximum absolute atomic E-state index is 11.1. The molecule has 0 aromatic carbocycles. The summed E-state index contributed by atoms with van der Waals surface area (Å²) in [7, 11) is 0. The Morgan fingerprint density at radius 3 is 1.23 bits per heavy atom. The third-order valence-electron chi connectivity index (χ3n) is 3.06. The van der Waals surface area contributed by atoms with Crippen LogP contribution in [0.3, 0.4) is 0 Å². The number of nitrogens with zero attached hydrogens (tertiary/aromatic N) is 4. The molecule has 0 aromatic heterocycles. The summed E-state index contributed by atoms with van der Waals surface area (Å²) in [4.78, 5) is 44.1. The Kier molecular flexibility index (Phi) is 5.28. The third-order valence-corrected chi connectivity index (χ3v) is 5.41. The van der Waals surface area contributed by atoms with Crippen molar-refractivity contribution in [1.82, 2.24) is 17.2 Å². The lowest BCUT2D eigenvalue weighted by Gasteiger charge is -2.19. The highest BCUT2D eigenvalue weighted by Crippen LogP contribution is 2.31. The maximum Gasteiger partial charge on any atom is 0.357 e. The number of hydrogen-bond donors (Lipinski definition) is 0. The lowest BCUT2D eigenvalue weighted by atomic mass is 10.1. The van der Waals surface area contributed by atoms with Gasteiger partial charge in [-0.2, -0.15) is 8.84 Å². The van der Waals surface area contributed by atoms with Crippen molar-refractivity contribution in [2.24, 2.45) is 0 Å². The predicted octanol–water partition coefficient (Wildman–Crippen LogP) is 2.83. The minimum Gasteiger partial charge on any atom is -0.270 e. The van der Waals surface area contributed by atoms with Crippen LogP contribution in [0.2, 0.25) is 0 Å². The highest BCUT2D eigenvalue weighted by Gasteiger charge is 2.51. The minimum atomic E-state index is -1.04. The van der Waals surface area contributed by atoms with Gasteiger partial charge >= 0.3 is 12.1 Å². The number of hydrogen-bond acceptors (Lipinski definition) is 4. The molecule has 12 heteroatoms. The van der Waals surface area contributed by atoms with E-state index < -0.39 is 35.0 Å². The van der Waals surface area contributed by atoms with Crippen LogP contribution in [0.15, 0.2) is 0 Å². The van der Waals surface area contributed by atoms with Crippen LogP contribution < -0.4 is 0 Å². The monoisotopic (exact) mass is 436 g/mol. The van der Waals surface area contributed by atoms with E-state index in [1.165, 1.54) is 13.8 Å². The molecule has 2 saturated heterocycles. The van der Waals surface area contributed by atoms with Gasteiger partial charge in [-0.3, -0.25) is 9.59 Å². The zero-order valence-electron chi connectivity index (χ0n) is 11.9. The Balaban J connectivity index is 0.000000220. The average molecular weight is 438 g/mol. The summed E-state index contributed by atoms with van der Waals surface area (Å²) < 4.78 is 2.94. The molecule has 2 aliphatic rings. The van der Waals surface area contributed by atoms with Crippen molar-refractivity contribution in [1.29, 1.82) is 0 Å². The van der Waals surface area contributed by atoms with Crippen molar-refractivity contribution in [2.45, 2.75) is 38.8 Å². The zero-order chi connectivity index (χ0) is 17.6. The summed E-state index contributed by atoms with van der Waals surface area (Å²) >= 11 is 19.1. The highest BCUT2D eigenvalue weighted by molar-refractivity contribution is 9.07. The molecule has 0 saturated carbocycles. The molecule has 0 spiro atoms. The van der Waals surface area contributed by atoms with Gasteiger partial charge in [-0.1, -0.05) is 0 Å². The number of carbonyl (C=O) groups is 4. The fraction of sp³-hybridized carbons (Fsp3) is 0.600. The number of halogens is 4. The number of amides is 6. The molecule has 2 rings (SSSR count). The first-order chi connectivity index (χ1) is 9.77. The summed E-state index contributed by atoms with van der Waals surface area (Å²) in [5, 5.41) is 0. The predicted molar refractivity (Wildman–Crippen MR) is 82.8 cm³/mol. The Hall–Kier alpha value is -0.770. The van der Waals surface area contributed by atoms with Gasteiger partial charge in [-0.05, 0) is 27.7 Å². The van der Waals surface area contributed by atoms with E-state index in [9.17, 15) is 19.2 Å². The van der Waals surface area contributed by atoms with Crippen molar-refractivity contribution in [3.8, 4) is 0 Å². The Labute approximate surface area is 150 Å². The first kappa shape index (κ1) is 19.3. The molecule has 0 atom stereocenters. The minimum absolute atomic E-state index is 0.430. The quantitative estimate of drug-likeness (QED) is 0.430. The van der Waals surface area contributed by atoms with Crippen molar-refractivity contribution in [3.63, 3.8) is 0 Å². The molecular weight excluding hydrogens is 426 g/mol. The molecule has 22 heavy (non-hydrogen) atoms. The summed E-state index contributed by atoms with van der Waals surface area (Å²) in [5.74, 6) is -0.944. The Morgan fingerprint density at radius 1 is 0.773 bits per heavy atom. The van der Waals surface area contributed by atoms with Crippen LogP contribution in [0.1, 0.15) is 27.7 Å². The summed E-state index contributed by atoms with van der Waals surface area (Å²) in [6.45, 7) is 6.24. The van der Waals surface area contributed by atoms with Crippen LogP contribution in [0.4, 0.5) is 9.59 Å². The molecule has 0 aliphatic carbocycles. The van der Waals surface area contributed by atoms with Crippen LogP contribution >= 0.6 is 51.5 Å². The van der Waals surface area contributed by atoms with Gasteiger partial charge in [0.1, 0.15) is 11.1 Å². The van der Waals surface area contributed by atoms with E-state index in [0.29, 0.717) is 8.84 Å². The summed E-state index contributed by atoms with van der Waals surface area (Å²) in [6, 6.07) is -1.26. The van der Waals surface area contributed by atoms with E-state index in [4.69, 9.17) is 35.3 Å². The lowest BCUT2D eigenvalue weighted by molar-refractivity contribution is -0.128. The van der Waals surface area contributed by atoms with Gasteiger partial charge in [0.2, 0.25) is 0 Å². The molecule has 2 fully saturated rings. The van der Waals surface area contributed by atoms with Crippen molar-refractivity contribution in [3.05, 3.63) is 0 Å². The van der Waals surface area contributed by atoms with Gasteiger partial charge < -0.3 is 0 Å². The summed E-state index contributed by atoms with van der Waals surface area (Å²) in [6.07, 6.45) is 0. The number of imide groups is 2. The van der Waals surface area contributed by atoms with Gasteiger partial charge in [-0.25, -0.2) is 17.9 Å². The molecule has 2 aliphatic heterocycles. The van der Waals surface area contributed by atoms with Crippen molar-refractivity contribution >= 4 is 75.4 Å². The standard InChI is InChI=1S/C5H6BrClN2O2.C5H6Cl2N2O2/c1-5(2)3(10)8(7)4(11)9(5)6;1-5(2)3(10)8(6)4(11)9(5)7/h2*1-2H3. The maximum atomic E-state index is 11.1. The Morgan fingerprint density at radius 2 is 1.14 bits per heavy atom. The van der Waals surface area contributed by atoms with Crippen LogP contribution in [0.25, 0.3) is 0 Å². The molecule has 6 amide bonds.